The molecule has 21 heavy (non-hydrogen) atoms. The maximum atomic E-state index is 12.9. The molecule has 0 spiro atoms. The Morgan fingerprint density at radius 1 is 0.810 bits per heavy atom. The van der Waals surface area contributed by atoms with Crippen LogP contribution in [0.25, 0.3) is 0 Å². The third kappa shape index (κ3) is 3.99. The summed E-state index contributed by atoms with van der Waals surface area (Å²) in [6.07, 6.45) is 0. The average molecular weight is 284 g/mol. The first kappa shape index (κ1) is 14.9. The van der Waals surface area contributed by atoms with E-state index in [0.717, 1.165) is 28.3 Å². The molecule has 3 nitrogen and oxygen atoms in total. The SMILES string of the molecule is COc1ccc(C(C)=NN=C(C)c2ccc(F)cc2)cc1. The van der Waals surface area contributed by atoms with Crippen molar-refractivity contribution in [2.24, 2.45) is 10.2 Å². The molecule has 0 amide bonds. The van der Waals surface area contributed by atoms with Crippen LogP contribution >= 0.6 is 0 Å². The largest absolute Gasteiger partial charge is 0.497 e. The third-order valence-corrected chi connectivity index (χ3v) is 3.12. The molecular formula is C17H17FN2O. The second-order valence-corrected chi connectivity index (χ2v) is 4.61. The number of rotatable bonds is 4. The summed E-state index contributed by atoms with van der Waals surface area (Å²) < 4.78 is 18.0. The van der Waals surface area contributed by atoms with Gasteiger partial charge in [-0.2, -0.15) is 10.2 Å². The second kappa shape index (κ2) is 6.79. The van der Waals surface area contributed by atoms with E-state index in [1.165, 1.54) is 12.1 Å². The maximum absolute atomic E-state index is 12.9. The van der Waals surface area contributed by atoms with Crippen LogP contribution in [0.1, 0.15) is 25.0 Å². The summed E-state index contributed by atoms with van der Waals surface area (Å²) in [5.41, 5.74) is 3.37. The number of ether oxygens (including phenoxy) is 1. The van der Waals surface area contributed by atoms with Crippen LogP contribution in [-0.4, -0.2) is 18.5 Å². The molecule has 0 aliphatic rings. The van der Waals surface area contributed by atoms with Crippen molar-refractivity contribution >= 4 is 11.4 Å². The van der Waals surface area contributed by atoms with Crippen molar-refractivity contribution < 1.29 is 9.13 Å². The lowest BCUT2D eigenvalue weighted by Crippen LogP contribution is -1.97. The Morgan fingerprint density at radius 3 is 1.67 bits per heavy atom. The number of nitrogens with zero attached hydrogens (tertiary/aromatic N) is 2. The summed E-state index contributed by atoms with van der Waals surface area (Å²) in [5, 5.41) is 8.41. The van der Waals surface area contributed by atoms with Gasteiger partial charge in [0, 0.05) is 0 Å². The molecule has 0 radical (unpaired) electrons. The number of methoxy groups -OCH3 is 1. The van der Waals surface area contributed by atoms with Gasteiger partial charge in [-0.15, -0.1) is 0 Å². The van der Waals surface area contributed by atoms with E-state index in [-0.39, 0.29) is 5.82 Å². The summed E-state index contributed by atoms with van der Waals surface area (Å²) in [6.45, 7) is 3.74. The van der Waals surface area contributed by atoms with E-state index in [4.69, 9.17) is 4.74 Å². The summed E-state index contributed by atoms with van der Waals surface area (Å²) in [4.78, 5) is 0. The van der Waals surface area contributed by atoms with E-state index in [2.05, 4.69) is 10.2 Å². The van der Waals surface area contributed by atoms with Crippen molar-refractivity contribution in [2.75, 3.05) is 7.11 Å². The normalized spacial score (nSPS) is 12.4. The van der Waals surface area contributed by atoms with Crippen LogP contribution in [0.4, 0.5) is 4.39 Å². The highest BCUT2D eigenvalue weighted by molar-refractivity contribution is 6.01. The lowest BCUT2D eigenvalue weighted by atomic mass is 10.1. The molecule has 0 aliphatic heterocycles. The Labute approximate surface area is 123 Å². The fourth-order valence-electron chi connectivity index (χ4n) is 1.79. The first-order valence-electron chi connectivity index (χ1n) is 6.59. The minimum atomic E-state index is -0.260. The summed E-state index contributed by atoms with van der Waals surface area (Å²) in [6, 6.07) is 13.8. The molecule has 0 saturated carbocycles. The Hall–Kier alpha value is -2.49. The molecule has 0 bridgehead atoms. The lowest BCUT2D eigenvalue weighted by molar-refractivity contribution is 0.415. The molecule has 0 atom stereocenters. The predicted molar refractivity (Wildman–Crippen MR) is 83.8 cm³/mol. The zero-order valence-electron chi connectivity index (χ0n) is 12.3. The smallest absolute Gasteiger partial charge is 0.123 e. The summed E-state index contributed by atoms with van der Waals surface area (Å²) in [5.74, 6) is 0.544. The van der Waals surface area contributed by atoms with Crippen molar-refractivity contribution in [3.8, 4) is 5.75 Å². The van der Waals surface area contributed by atoms with Crippen LogP contribution < -0.4 is 4.74 Å². The van der Waals surface area contributed by atoms with E-state index < -0.39 is 0 Å². The Bertz CT molecular complexity index is 658. The average Bonchev–Trinajstić information content (AvgIpc) is 2.53. The van der Waals surface area contributed by atoms with Crippen molar-refractivity contribution in [1.82, 2.24) is 0 Å². The van der Waals surface area contributed by atoms with Gasteiger partial charge in [-0.05, 0) is 61.4 Å². The minimum Gasteiger partial charge on any atom is -0.497 e. The Kier molecular flexibility index (Phi) is 4.82. The maximum Gasteiger partial charge on any atom is 0.123 e. The van der Waals surface area contributed by atoms with Gasteiger partial charge >= 0.3 is 0 Å². The van der Waals surface area contributed by atoms with Gasteiger partial charge in [-0.3, -0.25) is 0 Å². The van der Waals surface area contributed by atoms with E-state index in [9.17, 15) is 4.39 Å². The van der Waals surface area contributed by atoms with E-state index >= 15 is 0 Å². The highest BCUT2D eigenvalue weighted by Gasteiger charge is 2.00. The lowest BCUT2D eigenvalue weighted by Gasteiger charge is -2.02. The van der Waals surface area contributed by atoms with Gasteiger partial charge in [0.2, 0.25) is 0 Å². The van der Waals surface area contributed by atoms with Crippen LogP contribution in [0.15, 0.2) is 58.7 Å². The minimum absolute atomic E-state index is 0.260. The first-order chi connectivity index (χ1) is 10.1. The molecule has 2 aromatic carbocycles. The fourth-order valence-corrected chi connectivity index (χ4v) is 1.79. The molecule has 0 aromatic heterocycles. The first-order valence-corrected chi connectivity index (χ1v) is 6.59. The van der Waals surface area contributed by atoms with Crippen LogP contribution in [-0.2, 0) is 0 Å². The van der Waals surface area contributed by atoms with Crippen molar-refractivity contribution in [3.05, 3.63) is 65.5 Å². The van der Waals surface area contributed by atoms with Crippen LogP contribution in [0.3, 0.4) is 0 Å². The molecule has 0 N–H and O–H groups in total. The van der Waals surface area contributed by atoms with Crippen molar-refractivity contribution in [1.29, 1.82) is 0 Å². The molecule has 2 aromatic rings. The van der Waals surface area contributed by atoms with Gasteiger partial charge in [-0.1, -0.05) is 12.1 Å². The van der Waals surface area contributed by atoms with Gasteiger partial charge in [0.15, 0.2) is 0 Å². The summed E-state index contributed by atoms with van der Waals surface area (Å²) >= 11 is 0. The van der Waals surface area contributed by atoms with Gasteiger partial charge in [0.25, 0.3) is 0 Å². The topological polar surface area (TPSA) is 34.0 Å². The molecule has 2 rings (SSSR count). The Balaban J connectivity index is 2.17. The van der Waals surface area contributed by atoms with Crippen molar-refractivity contribution in [3.63, 3.8) is 0 Å². The molecule has 0 heterocycles. The predicted octanol–water partition coefficient (Wildman–Crippen LogP) is 4.07. The van der Waals surface area contributed by atoms with Crippen LogP contribution in [0, 0.1) is 5.82 Å². The fraction of sp³-hybridized carbons (Fsp3) is 0.176. The van der Waals surface area contributed by atoms with Crippen LogP contribution in [0.2, 0.25) is 0 Å². The van der Waals surface area contributed by atoms with E-state index in [0.29, 0.717) is 0 Å². The molecule has 4 heteroatoms. The highest BCUT2D eigenvalue weighted by atomic mass is 19.1. The molecule has 0 fully saturated rings. The number of benzene rings is 2. The van der Waals surface area contributed by atoms with Gasteiger partial charge in [0.1, 0.15) is 11.6 Å². The van der Waals surface area contributed by atoms with Gasteiger partial charge in [-0.25, -0.2) is 4.39 Å². The number of hydrogen-bond acceptors (Lipinski definition) is 3. The van der Waals surface area contributed by atoms with Gasteiger partial charge in [0.05, 0.1) is 18.5 Å². The molecule has 0 aliphatic carbocycles. The van der Waals surface area contributed by atoms with E-state index in [1.54, 1.807) is 19.2 Å². The highest BCUT2D eigenvalue weighted by Crippen LogP contribution is 2.12. The van der Waals surface area contributed by atoms with Crippen LogP contribution in [0.5, 0.6) is 5.75 Å². The standard InChI is InChI=1S/C17H17FN2O/c1-12(14-4-8-16(18)9-5-14)19-20-13(2)15-6-10-17(21-3)11-7-15/h4-11H,1-3H3. The van der Waals surface area contributed by atoms with Crippen molar-refractivity contribution in [2.45, 2.75) is 13.8 Å². The van der Waals surface area contributed by atoms with Gasteiger partial charge < -0.3 is 4.74 Å². The summed E-state index contributed by atoms with van der Waals surface area (Å²) in [7, 11) is 1.63. The number of halogens is 1. The zero-order valence-corrected chi connectivity index (χ0v) is 12.3. The molecule has 108 valence electrons. The molecule has 0 saturated heterocycles. The quantitative estimate of drug-likeness (QED) is 0.615. The molecular weight excluding hydrogens is 267 g/mol. The number of hydrogen-bond donors (Lipinski definition) is 0. The van der Waals surface area contributed by atoms with E-state index in [1.807, 2.05) is 38.1 Å². The molecule has 0 unspecified atom stereocenters. The zero-order chi connectivity index (χ0) is 15.2. The third-order valence-electron chi connectivity index (χ3n) is 3.12. The second-order valence-electron chi connectivity index (χ2n) is 4.61. The Morgan fingerprint density at radius 2 is 1.24 bits per heavy atom. The monoisotopic (exact) mass is 284 g/mol.